The van der Waals surface area contributed by atoms with Crippen LogP contribution in [0.3, 0.4) is 0 Å². The van der Waals surface area contributed by atoms with Crippen LogP contribution < -0.4 is 4.74 Å². The summed E-state index contributed by atoms with van der Waals surface area (Å²) in [6, 6.07) is 13.1. The van der Waals surface area contributed by atoms with E-state index in [1.165, 1.54) is 12.1 Å². The molecule has 25 heavy (non-hydrogen) atoms. The molecule has 0 bridgehead atoms. The van der Waals surface area contributed by atoms with Crippen LogP contribution in [0.1, 0.15) is 31.4 Å². The number of ether oxygens (including phenoxy) is 2. The minimum absolute atomic E-state index is 0.104. The fourth-order valence-corrected chi connectivity index (χ4v) is 2.27. The monoisotopic (exact) mass is 339 g/mol. The van der Waals surface area contributed by atoms with Crippen LogP contribution in [0.15, 0.2) is 59.2 Å². The lowest BCUT2D eigenvalue weighted by Gasteiger charge is -2.12. The number of nitrogens with zero attached hydrogens (tertiary/aromatic N) is 1. The molecule has 0 saturated heterocycles. The van der Waals surface area contributed by atoms with E-state index >= 15 is 0 Å². The molecule has 1 heterocycles. The van der Waals surface area contributed by atoms with E-state index in [1.807, 2.05) is 31.2 Å². The summed E-state index contributed by atoms with van der Waals surface area (Å²) in [7, 11) is 0. The number of hydrogen-bond acceptors (Lipinski definition) is 4. The van der Waals surface area contributed by atoms with E-state index in [-0.39, 0.29) is 17.7 Å². The first-order chi connectivity index (χ1) is 12.0. The molecule has 3 rings (SSSR count). The van der Waals surface area contributed by atoms with Crippen molar-refractivity contribution in [1.82, 2.24) is 0 Å². The lowest BCUT2D eigenvalue weighted by Crippen LogP contribution is -2.09. The molecule has 0 radical (unpaired) electrons. The molecule has 1 aliphatic heterocycles. The highest BCUT2D eigenvalue weighted by atomic mass is 19.1. The Bertz CT molecular complexity index is 840. The zero-order valence-corrected chi connectivity index (χ0v) is 14.0. The predicted octanol–water partition coefficient (Wildman–Crippen LogP) is 4.35. The molecule has 2 aromatic rings. The smallest absolute Gasteiger partial charge is 0.363 e. The molecule has 0 spiro atoms. The maximum absolute atomic E-state index is 13.3. The van der Waals surface area contributed by atoms with Crippen molar-refractivity contribution in [2.45, 2.75) is 26.4 Å². The summed E-state index contributed by atoms with van der Waals surface area (Å²) in [5, 5.41) is 0. The zero-order valence-electron chi connectivity index (χ0n) is 14.0. The number of hydrogen-bond donors (Lipinski definition) is 0. The second-order valence-electron chi connectivity index (χ2n) is 5.75. The highest BCUT2D eigenvalue weighted by molar-refractivity contribution is 6.12. The third kappa shape index (κ3) is 4.12. The van der Waals surface area contributed by atoms with Gasteiger partial charge in [-0.05, 0) is 55.3 Å². The molecule has 128 valence electrons. The fraction of sp³-hybridized carbons (Fsp3) is 0.200. The van der Waals surface area contributed by atoms with E-state index in [2.05, 4.69) is 11.9 Å². The van der Waals surface area contributed by atoms with Gasteiger partial charge >= 0.3 is 5.97 Å². The van der Waals surface area contributed by atoms with E-state index in [1.54, 1.807) is 18.2 Å². The van der Waals surface area contributed by atoms with Gasteiger partial charge in [-0.15, -0.1) is 0 Å². The van der Waals surface area contributed by atoms with Gasteiger partial charge in [0.25, 0.3) is 0 Å². The Hall–Kier alpha value is -2.95. The third-order valence-electron chi connectivity index (χ3n) is 3.79. The Morgan fingerprint density at radius 2 is 2.00 bits per heavy atom. The van der Waals surface area contributed by atoms with Crippen LogP contribution in [-0.4, -0.2) is 18.0 Å². The molecule has 4 nitrogen and oxygen atoms in total. The van der Waals surface area contributed by atoms with E-state index in [0.29, 0.717) is 5.56 Å². The normalized spacial score (nSPS) is 16.5. The second-order valence-corrected chi connectivity index (χ2v) is 5.75. The number of carbonyl (C=O) groups excluding carboxylic acids is 1. The summed E-state index contributed by atoms with van der Waals surface area (Å²) in [6.07, 6.45) is 2.70. The van der Waals surface area contributed by atoms with Gasteiger partial charge in [0.05, 0.1) is 6.10 Å². The Kier molecular flexibility index (Phi) is 4.93. The first kappa shape index (κ1) is 16.9. The van der Waals surface area contributed by atoms with Crippen molar-refractivity contribution in [3.63, 3.8) is 0 Å². The van der Waals surface area contributed by atoms with Gasteiger partial charge in [0.2, 0.25) is 5.90 Å². The van der Waals surface area contributed by atoms with Crippen LogP contribution in [0, 0.1) is 5.82 Å². The first-order valence-electron chi connectivity index (χ1n) is 8.10. The summed E-state index contributed by atoms with van der Waals surface area (Å²) < 4.78 is 24.1. The summed E-state index contributed by atoms with van der Waals surface area (Å²) >= 11 is 0. The topological polar surface area (TPSA) is 47.9 Å². The summed E-state index contributed by atoms with van der Waals surface area (Å²) in [6.45, 7) is 4.07. The molecule has 0 fully saturated rings. The molecule has 0 amide bonds. The predicted molar refractivity (Wildman–Crippen MR) is 93.8 cm³/mol. The molecular weight excluding hydrogens is 321 g/mol. The van der Waals surface area contributed by atoms with Gasteiger partial charge < -0.3 is 9.47 Å². The van der Waals surface area contributed by atoms with Crippen molar-refractivity contribution in [3.8, 4) is 5.75 Å². The number of cyclic esters (lactones) is 1. The number of carbonyl (C=O) groups is 1. The fourth-order valence-electron chi connectivity index (χ4n) is 2.27. The lowest BCUT2D eigenvalue weighted by atomic mass is 10.2. The van der Waals surface area contributed by atoms with Gasteiger partial charge in [-0.1, -0.05) is 25.1 Å². The molecule has 1 unspecified atom stereocenters. The van der Waals surface area contributed by atoms with Crippen LogP contribution in [-0.2, 0) is 9.53 Å². The molecule has 0 aromatic heterocycles. The quantitative estimate of drug-likeness (QED) is 0.601. The van der Waals surface area contributed by atoms with Crippen LogP contribution in [0.4, 0.5) is 4.39 Å². The number of esters is 1. The van der Waals surface area contributed by atoms with E-state index < -0.39 is 11.8 Å². The molecule has 2 aromatic carbocycles. The zero-order chi connectivity index (χ0) is 17.8. The minimum atomic E-state index is -0.556. The molecule has 1 aliphatic rings. The van der Waals surface area contributed by atoms with E-state index in [0.717, 1.165) is 17.7 Å². The van der Waals surface area contributed by atoms with Crippen LogP contribution >= 0.6 is 0 Å². The van der Waals surface area contributed by atoms with Gasteiger partial charge in [0.1, 0.15) is 11.6 Å². The third-order valence-corrected chi connectivity index (χ3v) is 3.79. The highest BCUT2D eigenvalue weighted by Gasteiger charge is 2.24. The average molecular weight is 339 g/mol. The van der Waals surface area contributed by atoms with Crippen molar-refractivity contribution in [2.24, 2.45) is 4.99 Å². The Balaban J connectivity index is 1.80. The van der Waals surface area contributed by atoms with Crippen molar-refractivity contribution < 1.29 is 18.7 Å². The number of benzene rings is 2. The first-order valence-corrected chi connectivity index (χ1v) is 8.10. The Labute approximate surface area is 145 Å². The average Bonchev–Trinajstić information content (AvgIpc) is 2.97. The number of rotatable bonds is 5. The van der Waals surface area contributed by atoms with Crippen LogP contribution in [0.2, 0.25) is 0 Å². The number of halogens is 1. The lowest BCUT2D eigenvalue weighted by molar-refractivity contribution is -0.129. The Morgan fingerprint density at radius 3 is 2.68 bits per heavy atom. The van der Waals surface area contributed by atoms with Gasteiger partial charge in [-0.25, -0.2) is 14.2 Å². The maximum atomic E-state index is 13.3. The molecule has 0 N–H and O–H groups in total. The molecule has 5 heteroatoms. The van der Waals surface area contributed by atoms with Gasteiger partial charge in [-0.3, -0.25) is 0 Å². The van der Waals surface area contributed by atoms with Crippen LogP contribution in [0.25, 0.3) is 6.08 Å². The van der Waals surface area contributed by atoms with Crippen molar-refractivity contribution in [1.29, 1.82) is 0 Å². The van der Waals surface area contributed by atoms with Gasteiger partial charge in [0, 0.05) is 5.56 Å². The largest absolute Gasteiger partial charge is 0.491 e. The summed E-state index contributed by atoms with van der Waals surface area (Å²) in [5.74, 6) is -0.0910. The SMILES string of the molecule is CCC(C)Oc1ccc(/C=C2\N=C(c3cccc(F)c3)OC2=O)cc1. The Morgan fingerprint density at radius 1 is 1.24 bits per heavy atom. The van der Waals surface area contributed by atoms with E-state index in [4.69, 9.17) is 9.47 Å². The van der Waals surface area contributed by atoms with Gasteiger partial charge in [-0.2, -0.15) is 0 Å². The molecular formula is C20H18FNO3. The van der Waals surface area contributed by atoms with Crippen molar-refractivity contribution in [3.05, 3.63) is 71.2 Å². The van der Waals surface area contributed by atoms with Crippen molar-refractivity contribution in [2.75, 3.05) is 0 Å². The van der Waals surface area contributed by atoms with E-state index in [9.17, 15) is 9.18 Å². The number of aliphatic imine (C=N–C) groups is 1. The highest BCUT2D eigenvalue weighted by Crippen LogP contribution is 2.21. The standard InChI is InChI=1S/C20H18FNO3/c1-3-13(2)24-17-9-7-14(8-10-17)11-18-20(23)25-19(22-18)15-5-4-6-16(21)12-15/h4-13H,3H2,1-2H3/b18-11-. The van der Waals surface area contributed by atoms with Crippen LogP contribution in [0.5, 0.6) is 5.75 Å². The summed E-state index contributed by atoms with van der Waals surface area (Å²) in [5.41, 5.74) is 1.40. The molecule has 1 atom stereocenters. The second kappa shape index (κ2) is 7.30. The van der Waals surface area contributed by atoms with Crippen molar-refractivity contribution >= 4 is 17.9 Å². The summed E-state index contributed by atoms with van der Waals surface area (Å²) in [4.78, 5) is 16.1. The molecule has 0 saturated carbocycles. The maximum Gasteiger partial charge on any atom is 0.363 e. The minimum Gasteiger partial charge on any atom is -0.491 e. The molecule has 0 aliphatic carbocycles. The van der Waals surface area contributed by atoms with Gasteiger partial charge in [0.15, 0.2) is 5.70 Å².